The summed E-state index contributed by atoms with van der Waals surface area (Å²) in [6, 6.07) is 21.2. The van der Waals surface area contributed by atoms with Crippen molar-refractivity contribution in [3.8, 4) is 0 Å². The van der Waals surface area contributed by atoms with Gasteiger partial charge in [0.25, 0.3) is 37.6 Å². The minimum absolute atomic E-state index is 0.0220. The molecule has 1 unspecified atom stereocenters. The number of thioether (sulfide) groups is 1. The maximum absolute atomic E-state index is 14.5. The van der Waals surface area contributed by atoms with Crippen LogP contribution in [0.1, 0.15) is 135 Å². The highest BCUT2D eigenvalue weighted by Gasteiger charge is 2.49. The van der Waals surface area contributed by atoms with E-state index in [1.165, 1.54) is 40.6 Å². The van der Waals surface area contributed by atoms with Gasteiger partial charge < -0.3 is 20.4 Å². The molecule has 0 spiro atoms. The van der Waals surface area contributed by atoms with E-state index in [1.807, 2.05) is 40.0 Å². The predicted octanol–water partition coefficient (Wildman–Crippen LogP) is 9.65. The first-order valence-electron chi connectivity index (χ1n) is 31.3. The summed E-state index contributed by atoms with van der Waals surface area (Å²) in [5.41, 5.74) is -0.0428. The highest BCUT2D eigenvalue weighted by Crippen LogP contribution is 2.43. The number of piperidine rings is 1. The summed E-state index contributed by atoms with van der Waals surface area (Å²) < 4.78 is 99.7. The van der Waals surface area contributed by atoms with Crippen LogP contribution >= 0.6 is 11.8 Å². The number of allylic oxidation sites excluding steroid dienone is 2. The molecule has 3 saturated heterocycles. The van der Waals surface area contributed by atoms with Crippen molar-refractivity contribution in [2.45, 2.75) is 137 Å². The fourth-order valence-corrected chi connectivity index (χ4v) is 15.4. The number of rotatable bonds is 27. The van der Waals surface area contributed by atoms with Crippen LogP contribution in [0.25, 0.3) is 0 Å². The Morgan fingerprint density at radius 2 is 1.48 bits per heavy atom. The number of unbranched alkanes of at least 4 members (excludes halogenated alkanes) is 3. The smallest absolute Gasteiger partial charge is 0.385 e. The van der Waals surface area contributed by atoms with Gasteiger partial charge in [0.2, 0.25) is 17.7 Å². The number of halogens is 3. The average molecular weight is 1310 g/mol. The summed E-state index contributed by atoms with van der Waals surface area (Å²) in [5.74, 6) is -3.01. The van der Waals surface area contributed by atoms with E-state index in [2.05, 4.69) is 58.0 Å². The molecule has 4 aliphatic heterocycles. The SMILES string of the molecule is C=C(CCC)C1=C(CN2CCN(c3ccc(C(=O)NS(=O)(=O)c4ccc(N[C@H](CCN5CCN(C(=O)CCCCCCNc6ccc7c(c6)C(=O)N(C6CCC(=O)NC6=O)C7=O)CC5)CSc5ccccc5)c(S(=O)(=O)C(F)(F)F)c4)cc3)CC2)CCC(C)(C)C1. The van der Waals surface area contributed by atoms with Crippen LogP contribution in [-0.4, -0.2) is 167 Å². The maximum atomic E-state index is 14.5. The number of carbonyl (C=O) groups is 6. The number of nitrogens with zero attached hydrogens (tertiary/aromatic N) is 5. The van der Waals surface area contributed by atoms with E-state index < -0.39 is 82.5 Å². The van der Waals surface area contributed by atoms with E-state index in [9.17, 15) is 58.8 Å². The van der Waals surface area contributed by atoms with Crippen molar-refractivity contribution in [1.82, 2.24) is 29.6 Å². The highest BCUT2D eigenvalue weighted by atomic mass is 32.2. The van der Waals surface area contributed by atoms with E-state index >= 15 is 0 Å². The number of benzene rings is 4. The number of imide groups is 2. The molecule has 19 nitrogen and oxygen atoms in total. The Hall–Kier alpha value is -7.06. The lowest BCUT2D eigenvalue weighted by Gasteiger charge is -2.39. The molecule has 5 aliphatic rings. The second kappa shape index (κ2) is 29.7. The molecule has 1 aliphatic carbocycles. The third kappa shape index (κ3) is 17.2. The molecule has 0 bridgehead atoms. The van der Waals surface area contributed by atoms with E-state index in [1.54, 1.807) is 30.3 Å². The fourth-order valence-electron chi connectivity index (χ4n) is 12.4. The van der Waals surface area contributed by atoms with E-state index in [0.717, 1.165) is 112 Å². The molecule has 0 radical (unpaired) electrons. The molecule has 4 N–H and O–H groups in total. The average Bonchev–Trinajstić information content (AvgIpc) is 1.73. The number of fused-ring (bicyclic) bond motifs is 1. The summed E-state index contributed by atoms with van der Waals surface area (Å²) >= 11 is 1.41. The zero-order chi connectivity index (χ0) is 65.3. The molecule has 25 heteroatoms. The topological polar surface area (TPSA) is 235 Å². The van der Waals surface area contributed by atoms with Gasteiger partial charge in [-0.15, -0.1) is 11.8 Å². The minimum Gasteiger partial charge on any atom is -0.385 e. The van der Waals surface area contributed by atoms with Gasteiger partial charge in [-0.3, -0.25) is 48.8 Å². The number of hydrogen-bond donors (Lipinski definition) is 4. The quantitative estimate of drug-likeness (QED) is 0.0247. The number of sulfone groups is 1. The standard InChI is InChI=1S/C66H82F3N9O10S3/c1-5-13-45(2)55-42-65(3,4)29-27-47(55)43-75-34-36-76(37-35-75)50-20-17-46(18-21-50)61(81)73-91(87,88)52-22-24-56(58(41-52)90(85,86)66(67,68)69)71-49(44-89-51-14-9-8-10-15-51)28-31-74-32-38-77(39-33-74)60(80)16-11-6-7-12-30-70-48-19-23-53-54(40-48)64(84)78(63(53)83)57-25-26-59(79)72-62(57)82/h8-10,14-15,17-24,40-41,49,57,70-71H,2,5-7,11-13,16,25-39,42-44H2,1,3-4H3,(H,73,81)(H,72,79,82)/t49-,57?/m1/s1. The van der Waals surface area contributed by atoms with Crippen molar-refractivity contribution < 1.29 is 58.8 Å². The number of anilines is 3. The lowest BCUT2D eigenvalue weighted by molar-refractivity contribution is -0.136. The molecule has 3 fully saturated rings. The summed E-state index contributed by atoms with van der Waals surface area (Å²) in [6.07, 6.45) is 9.13. The molecule has 490 valence electrons. The molecule has 9 rings (SSSR count). The Bertz CT molecular complexity index is 3630. The normalized spacial score (nSPS) is 18.9. The van der Waals surface area contributed by atoms with Crippen LogP contribution in [0.5, 0.6) is 0 Å². The van der Waals surface area contributed by atoms with Crippen LogP contribution in [0.4, 0.5) is 30.2 Å². The van der Waals surface area contributed by atoms with Gasteiger partial charge in [-0.25, -0.2) is 21.6 Å². The highest BCUT2D eigenvalue weighted by molar-refractivity contribution is 7.99. The number of piperazine rings is 2. The summed E-state index contributed by atoms with van der Waals surface area (Å²) in [4.78, 5) is 85.3. The third-order valence-electron chi connectivity index (χ3n) is 17.7. The Morgan fingerprint density at radius 1 is 0.791 bits per heavy atom. The number of alkyl halides is 3. The fraction of sp³-hybridized carbons (Fsp3) is 0.485. The Morgan fingerprint density at radius 3 is 2.18 bits per heavy atom. The van der Waals surface area contributed by atoms with Crippen molar-refractivity contribution in [2.24, 2.45) is 5.41 Å². The van der Waals surface area contributed by atoms with Crippen LogP contribution in [0, 0.1) is 5.41 Å². The first-order valence-corrected chi connectivity index (χ1v) is 35.3. The number of hydrogen-bond acceptors (Lipinski definition) is 16. The molecule has 4 aromatic rings. The molecule has 0 aromatic heterocycles. The predicted molar refractivity (Wildman–Crippen MR) is 345 cm³/mol. The van der Waals surface area contributed by atoms with Crippen molar-refractivity contribution in [1.29, 1.82) is 0 Å². The Labute approximate surface area is 535 Å². The zero-order valence-electron chi connectivity index (χ0n) is 51.9. The number of sulfonamides is 1. The van der Waals surface area contributed by atoms with Gasteiger partial charge in [-0.1, -0.05) is 76.0 Å². The van der Waals surface area contributed by atoms with Crippen molar-refractivity contribution in [3.05, 3.63) is 131 Å². The van der Waals surface area contributed by atoms with E-state index in [4.69, 9.17) is 0 Å². The molecule has 91 heavy (non-hydrogen) atoms. The van der Waals surface area contributed by atoms with Crippen molar-refractivity contribution in [3.63, 3.8) is 0 Å². The van der Waals surface area contributed by atoms with Crippen molar-refractivity contribution >= 4 is 84.1 Å². The second-order valence-electron chi connectivity index (χ2n) is 24.9. The van der Waals surface area contributed by atoms with Crippen LogP contribution in [-0.2, 0) is 34.2 Å². The molecule has 2 atom stereocenters. The minimum atomic E-state index is -6.15. The first-order chi connectivity index (χ1) is 43.3. The largest absolute Gasteiger partial charge is 0.501 e. The summed E-state index contributed by atoms with van der Waals surface area (Å²) in [5, 5.41) is 8.48. The van der Waals surface area contributed by atoms with Gasteiger partial charge >= 0.3 is 5.51 Å². The lowest BCUT2D eigenvalue weighted by Crippen LogP contribution is -2.54. The molecule has 4 aromatic carbocycles. The number of amides is 6. The molecule has 0 saturated carbocycles. The van der Waals surface area contributed by atoms with Crippen LogP contribution in [0.15, 0.2) is 129 Å². The van der Waals surface area contributed by atoms with Gasteiger partial charge in [-0.2, -0.15) is 13.2 Å². The lowest BCUT2D eigenvalue weighted by atomic mass is 9.72. The zero-order valence-corrected chi connectivity index (χ0v) is 54.3. The van der Waals surface area contributed by atoms with E-state index in [-0.39, 0.29) is 46.6 Å². The number of carbonyl (C=O) groups excluding carboxylic acids is 6. The summed E-state index contributed by atoms with van der Waals surface area (Å²) in [6.45, 7) is 18.2. The van der Waals surface area contributed by atoms with Gasteiger partial charge in [0.1, 0.15) is 10.9 Å². The Balaban J connectivity index is 0.750. The van der Waals surface area contributed by atoms with Gasteiger partial charge in [0.15, 0.2) is 0 Å². The maximum Gasteiger partial charge on any atom is 0.501 e. The van der Waals surface area contributed by atoms with Crippen molar-refractivity contribution in [2.75, 3.05) is 93.3 Å². The molecular formula is C66H82F3N9O10S3. The molecular weight excluding hydrogens is 1230 g/mol. The third-order valence-corrected chi connectivity index (χ3v) is 21.7. The van der Waals surface area contributed by atoms with Gasteiger partial charge in [-0.05, 0) is 135 Å². The van der Waals surface area contributed by atoms with Crippen LogP contribution in [0.2, 0.25) is 0 Å². The second-order valence-corrected chi connectivity index (χ2v) is 29.6. The van der Waals surface area contributed by atoms with Crippen LogP contribution < -0.4 is 25.6 Å². The molecule has 6 amide bonds. The Kier molecular flexibility index (Phi) is 22.3. The van der Waals surface area contributed by atoms with Gasteiger partial charge in [0.05, 0.1) is 21.7 Å². The van der Waals surface area contributed by atoms with Gasteiger partial charge in [0, 0.05) is 118 Å². The van der Waals surface area contributed by atoms with Crippen LogP contribution in [0.3, 0.4) is 0 Å². The number of nitrogens with one attached hydrogen (secondary N) is 4. The van der Waals surface area contributed by atoms with E-state index in [0.29, 0.717) is 70.3 Å². The first kappa shape index (κ1) is 68.3. The summed E-state index contributed by atoms with van der Waals surface area (Å²) in [7, 11) is -11.1. The molecule has 4 heterocycles. The monoisotopic (exact) mass is 1310 g/mol.